The summed E-state index contributed by atoms with van der Waals surface area (Å²) < 4.78 is 44.7. The molecule has 8 N–H and O–H groups in total. The van der Waals surface area contributed by atoms with E-state index < -0.39 is 84.9 Å². The van der Waals surface area contributed by atoms with Crippen LogP contribution in [0.15, 0.2) is 33.5 Å². The average molecular weight is 669 g/mol. The van der Waals surface area contributed by atoms with Crippen molar-refractivity contribution in [2.24, 2.45) is 0 Å². The summed E-state index contributed by atoms with van der Waals surface area (Å²) in [6.07, 6.45) is -16.0. The number of fused-ring (bicyclic) bond motifs is 1. The Hall–Kier alpha value is -3.91. The molecule has 10 atom stereocenters. The minimum Gasteiger partial charge on any atom is -0.504 e. The zero-order chi connectivity index (χ0) is 34.3. The van der Waals surface area contributed by atoms with Crippen molar-refractivity contribution < 1.29 is 78.4 Å². The summed E-state index contributed by atoms with van der Waals surface area (Å²) in [5.41, 5.74) is -0.783. The third-order valence-corrected chi connectivity index (χ3v) is 8.05. The lowest BCUT2D eigenvalue weighted by Crippen LogP contribution is -2.64. The van der Waals surface area contributed by atoms with Crippen LogP contribution in [0.5, 0.6) is 34.5 Å². The fourth-order valence-corrected chi connectivity index (χ4v) is 5.46. The third-order valence-electron chi connectivity index (χ3n) is 8.05. The fraction of sp³-hybridized carbons (Fsp3) is 0.500. The molecule has 3 heterocycles. The molecule has 0 bridgehead atoms. The van der Waals surface area contributed by atoms with E-state index in [1.807, 2.05) is 0 Å². The summed E-state index contributed by atoms with van der Waals surface area (Å²) in [6.45, 7) is 0.631. The van der Waals surface area contributed by atoms with Crippen molar-refractivity contribution in [2.45, 2.75) is 68.3 Å². The maximum Gasteiger partial charge on any atom is 0.239 e. The number of aromatic hydroxyl groups is 2. The lowest BCUT2D eigenvalue weighted by molar-refractivity contribution is -0.354. The Morgan fingerprint density at radius 1 is 0.787 bits per heavy atom. The van der Waals surface area contributed by atoms with Gasteiger partial charge in [0, 0.05) is 11.6 Å². The second-order valence-corrected chi connectivity index (χ2v) is 10.9. The molecule has 2 aliphatic rings. The van der Waals surface area contributed by atoms with E-state index in [0.29, 0.717) is 0 Å². The molecule has 258 valence electrons. The van der Waals surface area contributed by atoms with E-state index in [-0.39, 0.29) is 45.3 Å². The largest absolute Gasteiger partial charge is 0.504 e. The van der Waals surface area contributed by atoms with Gasteiger partial charge in [-0.1, -0.05) is 0 Å². The van der Waals surface area contributed by atoms with Gasteiger partial charge in [0.25, 0.3) is 0 Å². The van der Waals surface area contributed by atoms with Crippen LogP contribution in [0.2, 0.25) is 0 Å². The standard InChI is InChI=1S/C30H36O17/c1-10-18(33)22(37)24(39)29(43-10)47-28-23(38)19(34)16(9-31)46-30(28)45-15-8-14-17(20(35)26(15)41-3)21(36)27(42-4)25(44-14)11-5-6-12(32)13(7-11)40-2/h5-8,10,16,18-19,22-24,28-35,37-39H,9H2,1-4H3/t10-,16+,18-,19+,22+,23-,24+,28+,29-,30+/m0/s1. The summed E-state index contributed by atoms with van der Waals surface area (Å²) in [5.74, 6) is -1.96. The van der Waals surface area contributed by atoms with E-state index in [4.69, 9.17) is 37.6 Å². The smallest absolute Gasteiger partial charge is 0.239 e. The van der Waals surface area contributed by atoms with Crippen LogP contribution in [0.1, 0.15) is 6.92 Å². The topological polar surface area (TPSA) is 257 Å². The van der Waals surface area contributed by atoms with E-state index >= 15 is 0 Å². The van der Waals surface area contributed by atoms with Crippen molar-refractivity contribution in [3.8, 4) is 45.8 Å². The van der Waals surface area contributed by atoms with E-state index in [1.54, 1.807) is 0 Å². The molecule has 2 aliphatic heterocycles. The molecular weight excluding hydrogens is 632 g/mol. The minimum absolute atomic E-state index is 0.0667. The summed E-state index contributed by atoms with van der Waals surface area (Å²) in [7, 11) is 3.71. The molecule has 2 saturated heterocycles. The first-order chi connectivity index (χ1) is 22.4. The maximum absolute atomic E-state index is 13.6. The SMILES string of the molecule is COc1cc(-c2oc3cc(O[C@@H]4O[C@H](CO)[C@@H](O)[C@H](O)[C@H]4O[C@@H]4O[C@@H](C)[C@H](O)[C@@H](O)[C@H]4O)c(OC)c(O)c3c(=O)c2OC)ccc1O. The van der Waals surface area contributed by atoms with Crippen LogP contribution in [0, 0.1) is 0 Å². The minimum atomic E-state index is -1.83. The number of ether oxygens (including phenoxy) is 7. The van der Waals surface area contributed by atoms with Gasteiger partial charge in [0.05, 0.1) is 34.0 Å². The summed E-state index contributed by atoms with van der Waals surface area (Å²) in [5, 5.41) is 83.0. The van der Waals surface area contributed by atoms with Crippen molar-refractivity contribution >= 4 is 11.0 Å². The molecule has 1 aromatic heterocycles. The van der Waals surface area contributed by atoms with Crippen molar-refractivity contribution in [3.05, 3.63) is 34.5 Å². The quantitative estimate of drug-likeness (QED) is 0.135. The van der Waals surface area contributed by atoms with Gasteiger partial charge in [0.15, 0.2) is 41.2 Å². The van der Waals surface area contributed by atoms with Crippen LogP contribution in [-0.4, -0.2) is 130 Å². The van der Waals surface area contributed by atoms with Crippen LogP contribution >= 0.6 is 0 Å². The van der Waals surface area contributed by atoms with Crippen LogP contribution in [0.25, 0.3) is 22.3 Å². The van der Waals surface area contributed by atoms with Crippen LogP contribution in [-0.2, 0) is 14.2 Å². The van der Waals surface area contributed by atoms with Gasteiger partial charge >= 0.3 is 0 Å². The van der Waals surface area contributed by atoms with Crippen molar-refractivity contribution in [1.29, 1.82) is 0 Å². The van der Waals surface area contributed by atoms with Crippen LogP contribution < -0.4 is 24.4 Å². The monoisotopic (exact) mass is 668 g/mol. The van der Waals surface area contributed by atoms with Gasteiger partial charge in [-0.05, 0) is 25.1 Å². The van der Waals surface area contributed by atoms with E-state index in [2.05, 4.69) is 0 Å². The first-order valence-electron chi connectivity index (χ1n) is 14.3. The first kappa shape index (κ1) is 34.4. The van der Waals surface area contributed by atoms with Crippen LogP contribution in [0.4, 0.5) is 0 Å². The van der Waals surface area contributed by atoms with Gasteiger partial charge in [-0.3, -0.25) is 4.79 Å². The fourth-order valence-electron chi connectivity index (χ4n) is 5.46. The Labute approximate surface area is 266 Å². The second kappa shape index (κ2) is 13.7. The Kier molecular flexibility index (Phi) is 10.0. The molecule has 17 heteroatoms. The van der Waals surface area contributed by atoms with Crippen LogP contribution in [0.3, 0.4) is 0 Å². The van der Waals surface area contributed by atoms with E-state index in [0.717, 1.165) is 13.2 Å². The highest BCUT2D eigenvalue weighted by Gasteiger charge is 2.51. The number of phenolic OH excluding ortho intramolecular Hbond substituents is 2. The molecule has 0 saturated carbocycles. The normalized spacial score (nSPS) is 31.0. The van der Waals surface area contributed by atoms with Gasteiger partial charge < -0.3 is 78.4 Å². The molecule has 0 spiro atoms. The summed E-state index contributed by atoms with van der Waals surface area (Å²) >= 11 is 0. The van der Waals surface area contributed by atoms with Gasteiger partial charge in [0.1, 0.15) is 47.6 Å². The number of phenols is 2. The molecule has 2 fully saturated rings. The zero-order valence-electron chi connectivity index (χ0n) is 25.5. The molecule has 17 nitrogen and oxygen atoms in total. The highest BCUT2D eigenvalue weighted by Crippen LogP contribution is 2.45. The molecule has 0 aliphatic carbocycles. The molecule has 0 amide bonds. The molecule has 2 aromatic carbocycles. The predicted octanol–water partition coefficient (Wildman–Crippen LogP) is -1.07. The number of benzene rings is 2. The van der Waals surface area contributed by atoms with Gasteiger partial charge in [-0.15, -0.1) is 0 Å². The third kappa shape index (κ3) is 6.13. The Bertz CT molecular complexity index is 1640. The van der Waals surface area contributed by atoms with Crippen molar-refractivity contribution in [1.82, 2.24) is 0 Å². The average Bonchev–Trinajstić information content (AvgIpc) is 3.05. The van der Waals surface area contributed by atoms with Gasteiger partial charge in [-0.2, -0.15) is 0 Å². The number of methoxy groups -OCH3 is 3. The van der Waals surface area contributed by atoms with Crippen molar-refractivity contribution in [2.75, 3.05) is 27.9 Å². The maximum atomic E-state index is 13.6. The molecule has 47 heavy (non-hydrogen) atoms. The molecular formula is C30H36O17. The van der Waals surface area contributed by atoms with Gasteiger partial charge in [-0.25, -0.2) is 0 Å². The Balaban J connectivity index is 1.59. The summed E-state index contributed by atoms with van der Waals surface area (Å²) in [6, 6.07) is 5.29. The summed E-state index contributed by atoms with van der Waals surface area (Å²) in [4.78, 5) is 13.6. The molecule has 3 aromatic rings. The highest BCUT2D eigenvalue weighted by atomic mass is 16.8. The Morgan fingerprint density at radius 2 is 1.49 bits per heavy atom. The lowest BCUT2D eigenvalue weighted by atomic mass is 9.97. The lowest BCUT2D eigenvalue weighted by Gasteiger charge is -2.45. The first-order valence-corrected chi connectivity index (χ1v) is 14.3. The zero-order valence-corrected chi connectivity index (χ0v) is 25.5. The second-order valence-electron chi connectivity index (χ2n) is 10.9. The number of hydrogen-bond donors (Lipinski definition) is 8. The van der Waals surface area contributed by atoms with E-state index in [9.17, 15) is 45.6 Å². The van der Waals surface area contributed by atoms with Gasteiger partial charge in [0.2, 0.25) is 23.2 Å². The molecule has 0 unspecified atom stereocenters. The predicted molar refractivity (Wildman–Crippen MR) is 157 cm³/mol. The number of rotatable bonds is 9. The number of aliphatic hydroxyl groups excluding tert-OH is 6. The Morgan fingerprint density at radius 3 is 2.13 bits per heavy atom. The number of hydrogen-bond acceptors (Lipinski definition) is 17. The van der Waals surface area contributed by atoms with E-state index in [1.165, 1.54) is 39.3 Å². The molecule has 5 rings (SSSR count). The number of aliphatic hydroxyl groups is 6. The highest BCUT2D eigenvalue weighted by molar-refractivity contribution is 5.91. The van der Waals surface area contributed by atoms with Crippen molar-refractivity contribution in [3.63, 3.8) is 0 Å². The molecule has 0 radical (unpaired) electrons.